The van der Waals surface area contributed by atoms with Crippen LogP contribution < -0.4 is 11.1 Å². The molecule has 0 aromatic carbocycles. The summed E-state index contributed by atoms with van der Waals surface area (Å²) in [4.78, 5) is 26.5. The van der Waals surface area contributed by atoms with E-state index in [2.05, 4.69) is 5.32 Å². The number of rotatable bonds is 3. The van der Waals surface area contributed by atoms with Crippen LogP contribution in [-0.2, 0) is 9.59 Å². The van der Waals surface area contributed by atoms with Gasteiger partial charge in [0.05, 0.1) is 0 Å². The van der Waals surface area contributed by atoms with Gasteiger partial charge in [0.15, 0.2) is 0 Å². The lowest BCUT2D eigenvalue weighted by molar-refractivity contribution is -0.144. The van der Waals surface area contributed by atoms with E-state index >= 15 is 0 Å². The van der Waals surface area contributed by atoms with E-state index < -0.39 is 5.54 Å². The van der Waals surface area contributed by atoms with E-state index in [1.807, 2.05) is 11.8 Å². The first-order valence-electron chi connectivity index (χ1n) is 8.28. The molecule has 2 amide bonds. The number of halogens is 1. The summed E-state index contributed by atoms with van der Waals surface area (Å²) in [6, 6.07) is 0.196. The molecule has 2 fully saturated rings. The summed E-state index contributed by atoms with van der Waals surface area (Å²) in [5.41, 5.74) is 5.32. The summed E-state index contributed by atoms with van der Waals surface area (Å²) in [7, 11) is 0. The van der Waals surface area contributed by atoms with E-state index in [4.69, 9.17) is 5.73 Å². The number of likely N-dealkylation sites (tertiary alicyclic amines) is 1. The molecule has 0 aromatic heterocycles. The first-order valence-corrected chi connectivity index (χ1v) is 8.28. The SMILES string of the molecule is CC(=O)NC1(C(=O)N2CCC(C(C)N)CC2)CCCCC1.Cl. The highest BCUT2D eigenvalue weighted by Gasteiger charge is 2.43. The molecule has 128 valence electrons. The van der Waals surface area contributed by atoms with Crippen LogP contribution in [0.2, 0.25) is 0 Å². The van der Waals surface area contributed by atoms with Crippen molar-refractivity contribution < 1.29 is 9.59 Å². The Labute approximate surface area is 139 Å². The number of amides is 2. The minimum Gasteiger partial charge on any atom is -0.342 e. The lowest BCUT2D eigenvalue weighted by atomic mass is 9.79. The van der Waals surface area contributed by atoms with Gasteiger partial charge in [-0.1, -0.05) is 19.3 Å². The van der Waals surface area contributed by atoms with Crippen molar-refractivity contribution in [1.82, 2.24) is 10.2 Å². The van der Waals surface area contributed by atoms with Gasteiger partial charge in [-0.15, -0.1) is 12.4 Å². The van der Waals surface area contributed by atoms with Crippen LogP contribution in [0.3, 0.4) is 0 Å². The molecule has 1 aliphatic heterocycles. The minimum atomic E-state index is -0.648. The van der Waals surface area contributed by atoms with Gasteiger partial charge in [-0.2, -0.15) is 0 Å². The molecule has 1 atom stereocenters. The molecule has 0 aromatic rings. The Hall–Kier alpha value is -0.810. The summed E-state index contributed by atoms with van der Waals surface area (Å²) in [5.74, 6) is 0.536. The number of hydrogen-bond donors (Lipinski definition) is 2. The zero-order chi connectivity index (χ0) is 15.5. The van der Waals surface area contributed by atoms with Gasteiger partial charge in [0.2, 0.25) is 11.8 Å². The van der Waals surface area contributed by atoms with Gasteiger partial charge in [-0.25, -0.2) is 0 Å². The highest BCUT2D eigenvalue weighted by atomic mass is 35.5. The zero-order valence-corrected chi connectivity index (χ0v) is 14.6. The number of nitrogens with zero attached hydrogens (tertiary/aromatic N) is 1. The largest absolute Gasteiger partial charge is 0.342 e. The molecule has 0 radical (unpaired) electrons. The Balaban J connectivity index is 0.00000242. The molecule has 1 heterocycles. The summed E-state index contributed by atoms with van der Waals surface area (Å²) >= 11 is 0. The molecule has 6 heteroatoms. The maximum atomic E-state index is 13.0. The highest BCUT2D eigenvalue weighted by Crippen LogP contribution is 2.31. The number of nitrogens with two attached hydrogens (primary N) is 1. The van der Waals surface area contributed by atoms with Gasteiger partial charge < -0.3 is 16.0 Å². The first-order chi connectivity index (χ1) is 9.94. The van der Waals surface area contributed by atoms with E-state index in [1.165, 1.54) is 6.92 Å². The third-order valence-corrected chi connectivity index (χ3v) is 5.10. The molecule has 0 bridgehead atoms. The molecule has 0 spiro atoms. The normalized spacial score (nSPS) is 23.3. The van der Waals surface area contributed by atoms with E-state index in [0.717, 1.165) is 58.0 Å². The number of hydrogen-bond acceptors (Lipinski definition) is 3. The number of carbonyl (C=O) groups is 2. The standard InChI is InChI=1S/C16H29N3O2.ClH/c1-12(17)14-6-10-19(11-7-14)15(21)16(18-13(2)20)8-4-3-5-9-16;/h12,14H,3-11,17H2,1-2H3,(H,18,20);1H. The van der Waals surface area contributed by atoms with Gasteiger partial charge in [-0.05, 0) is 38.5 Å². The maximum Gasteiger partial charge on any atom is 0.248 e. The fourth-order valence-corrected chi connectivity index (χ4v) is 3.82. The van der Waals surface area contributed by atoms with Crippen LogP contribution in [0.15, 0.2) is 0 Å². The van der Waals surface area contributed by atoms with E-state index in [9.17, 15) is 9.59 Å². The second kappa shape index (κ2) is 8.16. The lowest BCUT2D eigenvalue weighted by Gasteiger charge is -2.42. The van der Waals surface area contributed by atoms with Gasteiger partial charge in [0, 0.05) is 26.1 Å². The molecule has 1 saturated heterocycles. The third kappa shape index (κ3) is 4.35. The van der Waals surface area contributed by atoms with Crippen LogP contribution >= 0.6 is 12.4 Å². The topological polar surface area (TPSA) is 75.4 Å². The first kappa shape index (κ1) is 19.2. The van der Waals surface area contributed by atoms with Crippen molar-refractivity contribution >= 4 is 24.2 Å². The fraction of sp³-hybridized carbons (Fsp3) is 0.875. The Morgan fingerprint density at radius 1 is 1.18 bits per heavy atom. The molecule has 22 heavy (non-hydrogen) atoms. The van der Waals surface area contributed by atoms with Crippen molar-refractivity contribution in [2.45, 2.75) is 70.4 Å². The monoisotopic (exact) mass is 331 g/mol. The molecular weight excluding hydrogens is 302 g/mol. The highest BCUT2D eigenvalue weighted by molar-refractivity contribution is 5.91. The van der Waals surface area contributed by atoms with Crippen LogP contribution in [0.25, 0.3) is 0 Å². The molecule has 1 unspecified atom stereocenters. The van der Waals surface area contributed by atoms with Gasteiger partial charge >= 0.3 is 0 Å². The number of carbonyl (C=O) groups excluding carboxylic acids is 2. The molecule has 5 nitrogen and oxygen atoms in total. The van der Waals surface area contributed by atoms with Crippen molar-refractivity contribution in [3.05, 3.63) is 0 Å². The summed E-state index contributed by atoms with van der Waals surface area (Å²) in [5, 5.41) is 2.97. The average Bonchev–Trinajstić information content (AvgIpc) is 2.47. The summed E-state index contributed by atoms with van der Waals surface area (Å²) in [6.45, 7) is 5.09. The predicted molar refractivity (Wildman–Crippen MR) is 89.8 cm³/mol. The molecule has 2 aliphatic rings. The third-order valence-electron chi connectivity index (χ3n) is 5.10. The van der Waals surface area contributed by atoms with Gasteiger partial charge in [0.25, 0.3) is 0 Å². The van der Waals surface area contributed by atoms with Gasteiger partial charge in [0.1, 0.15) is 5.54 Å². The zero-order valence-electron chi connectivity index (χ0n) is 13.8. The van der Waals surface area contributed by atoms with Crippen molar-refractivity contribution in [2.24, 2.45) is 11.7 Å². The Morgan fingerprint density at radius 3 is 2.18 bits per heavy atom. The van der Waals surface area contributed by atoms with Crippen LogP contribution in [0.4, 0.5) is 0 Å². The van der Waals surface area contributed by atoms with Crippen LogP contribution in [0.1, 0.15) is 58.8 Å². The molecular formula is C16H30ClN3O2. The van der Waals surface area contributed by atoms with Crippen LogP contribution in [-0.4, -0.2) is 41.4 Å². The molecule has 2 rings (SSSR count). The summed E-state index contributed by atoms with van der Waals surface area (Å²) in [6.07, 6.45) is 6.68. The van der Waals surface area contributed by atoms with E-state index in [0.29, 0.717) is 5.92 Å². The Bertz CT molecular complexity index is 387. The fourth-order valence-electron chi connectivity index (χ4n) is 3.82. The van der Waals surface area contributed by atoms with E-state index in [1.54, 1.807) is 0 Å². The quantitative estimate of drug-likeness (QED) is 0.828. The number of piperidine rings is 1. The van der Waals surface area contributed by atoms with Crippen LogP contribution in [0.5, 0.6) is 0 Å². The van der Waals surface area contributed by atoms with Crippen molar-refractivity contribution in [1.29, 1.82) is 0 Å². The second-order valence-corrected chi connectivity index (χ2v) is 6.81. The number of nitrogens with one attached hydrogen (secondary N) is 1. The van der Waals surface area contributed by atoms with Crippen molar-refractivity contribution in [3.8, 4) is 0 Å². The predicted octanol–water partition coefficient (Wildman–Crippen LogP) is 1.83. The maximum absolute atomic E-state index is 13.0. The Kier molecular flexibility index (Phi) is 7.13. The molecule has 3 N–H and O–H groups in total. The minimum absolute atomic E-state index is 0. The van der Waals surface area contributed by atoms with Gasteiger partial charge in [-0.3, -0.25) is 9.59 Å². The van der Waals surface area contributed by atoms with Crippen LogP contribution in [0, 0.1) is 5.92 Å². The van der Waals surface area contributed by atoms with Crippen molar-refractivity contribution in [2.75, 3.05) is 13.1 Å². The second-order valence-electron chi connectivity index (χ2n) is 6.81. The smallest absolute Gasteiger partial charge is 0.248 e. The molecule has 1 aliphatic carbocycles. The van der Waals surface area contributed by atoms with E-state index in [-0.39, 0.29) is 30.3 Å². The molecule has 1 saturated carbocycles. The average molecular weight is 332 g/mol. The lowest BCUT2D eigenvalue weighted by Crippen LogP contribution is -2.61. The van der Waals surface area contributed by atoms with Crippen molar-refractivity contribution in [3.63, 3.8) is 0 Å². The summed E-state index contributed by atoms with van der Waals surface area (Å²) < 4.78 is 0. The Morgan fingerprint density at radius 2 is 1.73 bits per heavy atom.